The van der Waals surface area contributed by atoms with Crippen molar-refractivity contribution in [2.75, 3.05) is 13.7 Å². The molecule has 1 unspecified atom stereocenters. The first kappa shape index (κ1) is 11.4. The van der Waals surface area contributed by atoms with E-state index >= 15 is 0 Å². The summed E-state index contributed by atoms with van der Waals surface area (Å²) in [5.74, 6) is -0.175. The van der Waals surface area contributed by atoms with Gasteiger partial charge in [-0.05, 0) is 19.9 Å². The molecular weight excluding hydrogens is 154 g/mol. The minimum absolute atomic E-state index is 0.175. The van der Waals surface area contributed by atoms with E-state index in [9.17, 15) is 4.79 Å². The first-order valence-electron chi connectivity index (χ1n) is 4.44. The summed E-state index contributed by atoms with van der Waals surface area (Å²) in [5, 5.41) is 3.14. The van der Waals surface area contributed by atoms with Gasteiger partial charge in [0.1, 0.15) is 5.54 Å². The Hall–Kier alpha value is -0.570. The maximum atomic E-state index is 11.3. The molecule has 0 heterocycles. The van der Waals surface area contributed by atoms with Crippen molar-refractivity contribution >= 4 is 5.97 Å². The van der Waals surface area contributed by atoms with Crippen LogP contribution in [-0.4, -0.2) is 25.2 Å². The molecule has 0 spiro atoms. The lowest BCUT2D eigenvalue weighted by molar-refractivity contribution is -0.148. The van der Waals surface area contributed by atoms with Gasteiger partial charge in [-0.25, -0.2) is 0 Å². The predicted octanol–water partition coefficient (Wildman–Crippen LogP) is 1.33. The van der Waals surface area contributed by atoms with Crippen LogP contribution in [0.1, 0.15) is 33.6 Å². The van der Waals surface area contributed by atoms with Gasteiger partial charge in [-0.2, -0.15) is 0 Å². The van der Waals surface area contributed by atoms with Crippen LogP contribution in [0.4, 0.5) is 0 Å². The van der Waals surface area contributed by atoms with Gasteiger partial charge in [0.25, 0.3) is 0 Å². The van der Waals surface area contributed by atoms with Crippen LogP contribution in [0.3, 0.4) is 0 Å². The Labute approximate surface area is 74.5 Å². The minimum atomic E-state index is -0.502. The Morgan fingerprint density at radius 2 is 2.08 bits per heavy atom. The highest BCUT2D eigenvalue weighted by atomic mass is 16.5. The van der Waals surface area contributed by atoms with Crippen LogP contribution in [0.25, 0.3) is 0 Å². The first-order chi connectivity index (χ1) is 5.60. The normalized spacial score (nSPS) is 15.3. The molecule has 3 heteroatoms. The van der Waals surface area contributed by atoms with E-state index in [0.29, 0.717) is 0 Å². The summed E-state index contributed by atoms with van der Waals surface area (Å²) in [6.07, 6.45) is 1.78. The van der Waals surface area contributed by atoms with Crippen molar-refractivity contribution in [2.24, 2.45) is 0 Å². The van der Waals surface area contributed by atoms with Gasteiger partial charge in [-0.1, -0.05) is 20.3 Å². The highest BCUT2D eigenvalue weighted by Gasteiger charge is 2.31. The number of ether oxygens (including phenoxy) is 1. The number of nitrogens with one attached hydrogen (secondary N) is 1. The van der Waals surface area contributed by atoms with Crippen molar-refractivity contribution in [3.63, 3.8) is 0 Å². The molecule has 72 valence electrons. The molecule has 0 aromatic rings. The van der Waals surface area contributed by atoms with Crippen molar-refractivity contribution in [3.8, 4) is 0 Å². The van der Waals surface area contributed by atoms with Gasteiger partial charge < -0.3 is 10.1 Å². The molecule has 0 aromatic carbocycles. The summed E-state index contributed by atoms with van der Waals surface area (Å²) >= 11 is 0. The molecule has 0 aliphatic rings. The van der Waals surface area contributed by atoms with E-state index in [1.165, 1.54) is 7.11 Å². The molecule has 0 saturated heterocycles. The lowest BCUT2D eigenvalue weighted by Gasteiger charge is -2.26. The lowest BCUT2D eigenvalue weighted by Crippen LogP contribution is -2.49. The average molecular weight is 173 g/mol. The number of hydrogen-bond donors (Lipinski definition) is 1. The molecule has 0 radical (unpaired) electrons. The topological polar surface area (TPSA) is 38.3 Å². The predicted molar refractivity (Wildman–Crippen MR) is 49.0 cm³/mol. The highest BCUT2D eigenvalue weighted by Crippen LogP contribution is 2.13. The molecule has 12 heavy (non-hydrogen) atoms. The molecule has 0 aliphatic heterocycles. The van der Waals surface area contributed by atoms with E-state index in [2.05, 4.69) is 12.2 Å². The largest absolute Gasteiger partial charge is 0.468 e. The first-order valence-corrected chi connectivity index (χ1v) is 4.44. The molecule has 0 amide bonds. The Kier molecular flexibility index (Phi) is 4.90. The summed E-state index contributed by atoms with van der Waals surface area (Å²) < 4.78 is 4.72. The third kappa shape index (κ3) is 2.81. The van der Waals surface area contributed by atoms with E-state index < -0.39 is 5.54 Å². The molecule has 1 N–H and O–H groups in total. The van der Waals surface area contributed by atoms with E-state index in [1.54, 1.807) is 0 Å². The molecule has 0 rings (SSSR count). The van der Waals surface area contributed by atoms with Crippen LogP contribution < -0.4 is 5.32 Å². The Morgan fingerprint density at radius 3 is 2.42 bits per heavy atom. The van der Waals surface area contributed by atoms with Crippen molar-refractivity contribution < 1.29 is 9.53 Å². The Bertz CT molecular complexity index is 139. The van der Waals surface area contributed by atoms with Crippen molar-refractivity contribution in [1.29, 1.82) is 0 Å². The average Bonchev–Trinajstić information content (AvgIpc) is 2.04. The molecule has 0 aliphatic carbocycles. The second-order valence-electron chi connectivity index (χ2n) is 3.10. The summed E-state index contributed by atoms with van der Waals surface area (Å²) in [4.78, 5) is 11.3. The number of rotatable bonds is 5. The third-order valence-electron chi connectivity index (χ3n) is 1.95. The van der Waals surface area contributed by atoms with Crippen LogP contribution in [0.2, 0.25) is 0 Å². The number of hydrogen-bond acceptors (Lipinski definition) is 3. The summed E-state index contributed by atoms with van der Waals surface area (Å²) in [6, 6.07) is 0. The third-order valence-corrected chi connectivity index (χ3v) is 1.95. The molecule has 3 nitrogen and oxygen atoms in total. The van der Waals surface area contributed by atoms with Crippen molar-refractivity contribution in [3.05, 3.63) is 0 Å². The second kappa shape index (κ2) is 5.14. The van der Waals surface area contributed by atoms with Gasteiger partial charge in [0.05, 0.1) is 7.11 Å². The molecule has 0 fully saturated rings. The molecule has 0 saturated carbocycles. The van der Waals surface area contributed by atoms with E-state index in [4.69, 9.17) is 4.74 Å². The van der Waals surface area contributed by atoms with E-state index in [1.807, 2.05) is 13.8 Å². The molecule has 0 aromatic heterocycles. The maximum Gasteiger partial charge on any atom is 0.325 e. The quantitative estimate of drug-likeness (QED) is 0.637. The van der Waals surface area contributed by atoms with Crippen LogP contribution in [0, 0.1) is 0 Å². The minimum Gasteiger partial charge on any atom is -0.468 e. The van der Waals surface area contributed by atoms with Crippen molar-refractivity contribution in [1.82, 2.24) is 5.32 Å². The van der Waals surface area contributed by atoms with Crippen LogP contribution >= 0.6 is 0 Å². The maximum absolute atomic E-state index is 11.3. The van der Waals surface area contributed by atoms with Crippen LogP contribution in [0.15, 0.2) is 0 Å². The molecule has 0 bridgehead atoms. The van der Waals surface area contributed by atoms with Crippen LogP contribution in [-0.2, 0) is 9.53 Å². The fraction of sp³-hybridized carbons (Fsp3) is 0.889. The highest BCUT2D eigenvalue weighted by molar-refractivity contribution is 5.80. The summed E-state index contributed by atoms with van der Waals surface area (Å²) in [5.41, 5.74) is -0.502. The number of carbonyl (C=O) groups excluding carboxylic acids is 1. The van der Waals surface area contributed by atoms with Gasteiger partial charge in [0.2, 0.25) is 0 Å². The fourth-order valence-electron chi connectivity index (χ4n) is 1.38. The van der Waals surface area contributed by atoms with Crippen LogP contribution in [0.5, 0.6) is 0 Å². The zero-order valence-corrected chi connectivity index (χ0v) is 8.44. The van der Waals surface area contributed by atoms with Gasteiger partial charge >= 0.3 is 5.97 Å². The van der Waals surface area contributed by atoms with E-state index in [-0.39, 0.29) is 5.97 Å². The monoisotopic (exact) mass is 173 g/mol. The zero-order chi connectivity index (χ0) is 9.61. The SMILES string of the molecule is CCCC(C)(NCC)C(=O)OC. The molecular formula is C9H19NO2. The zero-order valence-electron chi connectivity index (χ0n) is 8.44. The number of likely N-dealkylation sites (N-methyl/N-ethyl adjacent to an activating group) is 1. The van der Waals surface area contributed by atoms with Gasteiger partial charge in [0.15, 0.2) is 0 Å². The summed E-state index contributed by atoms with van der Waals surface area (Å²) in [7, 11) is 1.42. The van der Waals surface area contributed by atoms with E-state index in [0.717, 1.165) is 19.4 Å². The lowest BCUT2D eigenvalue weighted by atomic mass is 9.96. The number of methoxy groups -OCH3 is 1. The standard InChI is InChI=1S/C9H19NO2/c1-5-7-9(3,10-6-2)8(11)12-4/h10H,5-7H2,1-4H3. The second-order valence-corrected chi connectivity index (χ2v) is 3.10. The fourth-order valence-corrected chi connectivity index (χ4v) is 1.38. The Morgan fingerprint density at radius 1 is 1.50 bits per heavy atom. The Balaban J connectivity index is 4.26. The number of carbonyl (C=O) groups is 1. The molecule has 1 atom stereocenters. The van der Waals surface area contributed by atoms with Gasteiger partial charge in [0, 0.05) is 0 Å². The number of esters is 1. The summed E-state index contributed by atoms with van der Waals surface area (Å²) in [6.45, 7) is 6.70. The smallest absolute Gasteiger partial charge is 0.325 e. The van der Waals surface area contributed by atoms with Gasteiger partial charge in [-0.3, -0.25) is 4.79 Å². The van der Waals surface area contributed by atoms with Crippen molar-refractivity contribution in [2.45, 2.75) is 39.2 Å². The van der Waals surface area contributed by atoms with Gasteiger partial charge in [-0.15, -0.1) is 0 Å².